The van der Waals surface area contributed by atoms with Crippen molar-refractivity contribution in [2.75, 3.05) is 0 Å². The third kappa shape index (κ3) is 11.8. The van der Waals surface area contributed by atoms with Crippen LogP contribution >= 0.6 is 0 Å². The van der Waals surface area contributed by atoms with E-state index in [2.05, 4.69) is 65.5 Å². The molecule has 2 aliphatic rings. The third-order valence-electron chi connectivity index (χ3n) is 8.41. The van der Waals surface area contributed by atoms with E-state index < -0.39 is 0 Å². The van der Waals surface area contributed by atoms with Crippen molar-refractivity contribution in [1.29, 1.82) is 0 Å². The average molecular weight is 583 g/mol. The second kappa shape index (κ2) is 16.0. The number of aliphatic hydroxyl groups is 2. The van der Waals surface area contributed by atoms with Gasteiger partial charge in [-0.2, -0.15) is 0 Å². The van der Waals surface area contributed by atoms with E-state index in [9.17, 15) is 15.0 Å². The SMILES string of the molecule is CC1=C(C#C\C(C)=C/C=C/C(C)=C/C=C/C=C(C)/C=C/C=C(\C)C(=O)CC2=C(C)C[C@@H](O)CC2(C)C)C(C)(C)C[C@H](O)C1. The lowest BCUT2D eigenvalue weighted by Crippen LogP contribution is -2.30. The van der Waals surface area contributed by atoms with Crippen LogP contribution in [0.25, 0.3) is 0 Å². The van der Waals surface area contributed by atoms with Crippen LogP contribution in [-0.4, -0.2) is 28.2 Å². The molecule has 0 aliphatic heterocycles. The van der Waals surface area contributed by atoms with E-state index in [4.69, 9.17) is 0 Å². The first kappa shape index (κ1) is 36.0. The fourth-order valence-electron chi connectivity index (χ4n) is 6.11. The molecule has 0 aromatic heterocycles. The van der Waals surface area contributed by atoms with Gasteiger partial charge in [-0.3, -0.25) is 4.79 Å². The second-order valence-corrected chi connectivity index (χ2v) is 13.8. The summed E-state index contributed by atoms with van der Waals surface area (Å²) in [5.74, 6) is 6.79. The van der Waals surface area contributed by atoms with E-state index in [0.717, 1.165) is 39.9 Å². The molecule has 0 bridgehead atoms. The lowest BCUT2D eigenvalue weighted by molar-refractivity contribution is -0.115. The molecule has 0 heterocycles. The summed E-state index contributed by atoms with van der Waals surface area (Å²) in [5, 5.41) is 20.2. The van der Waals surface area contributed by atoms with E-state index in [1.54, 1.807) is 0 Å². The highest BCUT2D eigenvalue weighted by Crippen LogP contribution is 2.42. The normalized spacial score (nSPS) is 23.9. The Labute approximate surface area is 262 Å². The fraction of sp³-hybridized carbons (Fsp3) is 0.475. The predicted octanol–water partition coefficient (Wildman–Crippen LogP) is 9.40. The summed E-state index contributed by atoms with van der Waals surface area (Å²) in [6.45, 7) is 20.7. The minimum absolute atomic E-state index is 0.0935. The maximum Gasteiger partial charge on any atom is 0.162 e. The Balaban J connectivity index is 1.92. The highest BCUT2D eigenvalue weighted by molar-refractivity contribution is 5.96. The van der Waals surface area contributed by atoms with Crippen LogP contribution in [0.1, 0.15) is 101 Å². The van der Waals surface area contributed by atoms with Crippen LogP contribution in [0.2, 0.25) is 0 Å². The number of ketones is 1. The molecule has 2 N–H and O–H groups in total. The Morgan fingerprint density at radius 3 is 1.81 bits per heavy atom. The first-order chi connectivity index (χ1) is 20.0. The van der Waals surface area contributed by atoms with Crippen molar-refractivity contribution in [3.05, 3.63) is 105 Å². The van der Waals surface area contributed by atoms with E-state index in [-0.39, 0.29) is 28.8 Å². The molecule has 3 heteroatoms. The number of rotatable bonds is 9. The van der Waals surface area contributed by atoms with Crippen LogP contribution < -0.4 is 0 Å². The summed E-state index contributed by atoms with van der Waals surface area (Å²) in [4.78, 5) is 12.9. The van der Waals surface area contributed by atoms with Crippen LogP contribution in [0.15, 0.2) is 105 Å². The molecule has 0 radical (unpaired) electrons. The van der Waals surface area contributed by atoms with Gasteiger partial charge in [0.25, 0.3) is 0 Å². The molecule has 0 aromatic rings. The van der Waals surface area contributed by atoms with Gasteiger partial charge in [0, 0.05) is 17.4 Å². The summed E-state index contributed by atoms with van der Waals surface area (Å²) in [5.41, 5.74) is 8.40. The molecule has 2 aliphatic carbocycles. The molecular weight excluding hydrogens is 528 g/mol. The minimum atomic E-state index is -0.315. The van der Waals surface area contributed by atoms with E-state index in [0.29, 0.717) is 25.7 Å². The minimum Gasteiger partial charge on any atom is -0.393 e. The maximum absolute atomic E-state index is 12.9. The highest BCUT2D eigenvalue weighted by atomic mass is 16.3. The Morgan fingerprint density at radius 1 is 0.767 bits per heavy atom. The van der Waals surface area contributed by atoms with Crippen molar-refractivity contribution in [3.63, 3.8) is 0 Å². The molecule has 0 fully saturated rings. The zero-order valence-electron chi connectivity index (χ0n) is 28.3. The summed E-state index contributed by atoms with van der Waals surface area (Å²) < 4.78 is 0. The standard InChI is InChI=1S/C40H54O3/c1-28(17-13-18-30(3)21-22-36-32(5)23-34(41)26-39(36,7)8)15-11-12-16-29(2)19-14-20-31(4)38(43)25-37-33(6)24-35(42)27-40(37,9)10/h11-20,34-35,41-42H,23-27H2,1-10H3/b12-11+,17-13+,19-14+,28-15+,29-16+,30-18-,31-20+/t34-,35-/m1/s1. The Hall–Kier alpha value is -3.19. The van der Waals surface area contributed by atoms with Gasteiger partial charge in [-0.15, -0.1) is 0 Å². The smallest absolute Gasteiger partial charge is 0.162 e. The summed E-state index contributed by atoms with van der Waals surface area (Å²) >= 11 is 0. The van der Waals surface area contributed by atoms with E-state index in [1.807, 2.05) is 76.3 Å². The molecule has 0 amide bonds. The third-order valence-corrected chi connectivity index (χ3v) is 8.41. The van der Waals surface area contributed by atoms with Crippen LogP contribution in [0.4, 0.5) is 0 Å². The van der Waals surface area contributed by atoms with Gasteiger partial charge in [0.15, 0.2) is 5.78 Å². The molecule has 0 spiro atoms. The molecule has 0 aromatic carbocycles. The number of Topliss-reactive ketones (excluding diaryl/α,β-unsaturated/α-hetero) is 1. The van der Waals surface area contributed by atoms with Gasteiger partial charge >= 0.3 is 0 Å². The molecule has 43 heavy (non-hydrogen) atoms. The molecule has 3 nitrogen and oxygen atoms in total. The zero-order chi connectivity index (χ0) is 32.4. The van der Waals surface area contributed by atoms with Crippen molar-refractivity contribution < 1.29 is 15.0 Å². The molecular formula is C40H54O3. The van der Waals surface area contributed by atoms with E-state index in [1.165, 1.54) is 11.1 Å². The number of aliphatic hydroxyl groups excluding tert-OH is 2. The van der Waals surface area contributed by atoms with Crippen LogP contribution in [0.3, 0.4) is 0 Å². The second-order valence-electron chi connectivity index (χ2n) is 13.8. The maximum atomic E-state index is 12.9. The van der Waals surface area contributed by atoms with Gasteiger partial charge in [-0.25, -0.2) is 0 Å². The molecule has 0 unspecified atom stereocenters. The largest absolute Gasteiger partial charge is 0.393 e. The molecule has 2 atom stereocenters. The predicted molar refractivity (Wildman–Crippen MR) is 183 cm³/mol. The van der Waals surface area contributed by atoms with Crippen LogP contribution in [-0.2, 0) is 4.79 Å². The molecule has 0 saturated carbocycles. The molecule has 2 rings (SSSR count). The monoisotopic (exact) mass is 582 g/mol. The van der Waals surface area contributed by atoms with Gasteiger partial charge in [-0.05, 0) is 83.8 Å². The van der Waals surface area contributed by atoms with Gasteiger partial charge in [-0.1, -0.05) is 128 Å². The quantitative estimate of drug-likeness (QED) is 0.123. The fourth-order valence-corrected chi connectivity index (χ4v) is 6.11. The van der Waals surface area contributed by atoms with Crippen molar-refractivity contribution in [3.8, 4) is 11.8 Å². The van der Waals surface area contributed by atoms with Crippen molar-refractivity contribution in [2.24, 2.45) is 10.8 Å². The molecule has 232 valence electrons. The van der Waals surface area contributed by atoms with Crippen LogP contribution in [0.5, 0.6) is 0 Å². The van der Waals surface area contributed by atoms with Gasteiger partial charge in [0.05, 0.1) is 12.2 Å². The van der Waals surface area contributed by atoms with Crippen LogP contribution in [0, 0.1) is 22.7 Å². The Morgan fingerprint density at radius 2 is 1.28 bits per heavy atom. The van der Waals surface area contributed by atoms with Crippen molar-refractivity contribution in [1.82, 2.24) is 0 Å². The zero-order valence-corrected chi connectivity index (χ0v) is 28.3. The average Bonchev–Trinajstić information content (AvgIpc) is 2.87. The van der Waals surface area contributed by atoms with Gasteiger partial charge in [0.2, 0.25) is 0 Å². The number of hydrogen-bond donors (Lipinski definition) is 2. The number of allylic oxidation sites excluding steroid dienone is 16. The number of carbonyl (C=O) groups is 1. The molecule has 0 saturated heterocycles. The van der Waals surface area contributed by atoms with Gasteiger partial charge < -0.3 is 10.2 Å². The summed E-state index contributed by atoms with van der Waals surface area (Å²) in [6, 6.07) is 0. The Bertz CT molecular complexity index is 1380. The topological polar surface area (TPSA) is 57.5 Å². The lowest BCUT2D eigenvalue weighted by Gasteiger charge is -2.37. The number of carbonyl (C=O) groups excluding carboxylic acids is 1. The van der Waals surface area contributed by atoms with Gasteiger partial charge in [0.1, 0.15) is 0 Å². The van der Waals surface area contributed by atoms with E-state index >= 15 is 0 Å². The Kier molecular flexibility index (Phi) is 13.4. The summed E-state index contributed by atoms with van der Waals surface area (Å²) in [6.07, 6.45) is 22.7. The van der Waals surface area contributed by atoms with Crippen molar-refractivity contribution >= 4 is 5.78 Å². The summed E-state index contributed by atoms with van der Waals surface area (Å²) in [7, 11) is 0. The number of hydrogen-bond acceptors (Lipinski definition) is 3. The lowest BCUT2D eigenvalue weighted by atomic mass is 9.70. The highest BCUT2D eigenvalue weighted by Gasteiger charge is 2.34. The first-order valence-electron chi connectivity index (χ1n) is 15.5. The first-order valence-corrected chi connectivity index (χ1v) is 15.5. The van der Waals surface area contributed by atoms with Crippen molar-refractivity contribution in [2.45, 2.75) is 114 Å².